The van der Waals surface area contributed by atoms with Gasteiger partial charge in [0, 0.05) is 50.8 Å². The van der Waals surface area contributed by atoms with Crippen LogP contribution in [-0.4, -0.2) is 72.0 Å². The molecule has 1 unspecified atom stereocenters. The second-order valence-electron chi connectivity index (χ2n) is 7.38. The van der Waals surface area contributed by atoms with E-state index in [9.17, 15) is 13.6 Å². The summed E-state index contributed by atoms with van der Waals surface area (Å²) < 4.78 is 27.9. The summed E-state index contributed by atoms with van der Waals surface area (Å²) in [6.45, 7) is 7.30. The minimum Gasteiger partial charge on any atom is -0.333 e. The minimum atomic E-state index is -0.580. The van der Waals surface area contributed by atoms with Crippen molar-refractivity contribution in [2.75, 3.05) is 45.8 Å². The second kappa shape index (κ2) is 6.08. The zero-order chi connectivity index (χ0) is 16.7. The molecule has 0 spiro atoms. The van der Waals surface area contributed by atoms with Gasteiger partial charge in [0.1, 0.15) is 11.6 Å². The Hall–Kier alpha value is -1.53. The Labute approximate surface area is 141 Å². The predicted molar refractivity (Wildman–Crippen MR) is 86.1 cm³/mol. The Balaban J connectivity index is 1.52. The maximum absolute atomic E-state index is 13.9. The lowest BCUT2D eigenvalue weighted by Crippen LogP contribution is -2.73. The van der Waals surface area contributed by atoms with Gasteiger partial charge in [-0.1, -0.05) is 6.07 Å². The predicted octanol–water partition coefficient (Wildman–Crippen LogP) is 1.60. The summed E-state index contributed by atoms with van der Waals surface area (Å²) in [6.07, 6.45) is 1.89. The molecule has 24 heavy (non-hydrogen) atoms. The third kappa shape index (κ3) is 2.71. The molecule has 0 aromatic heterocycles. The first kappa shape index (κ1) is 16.0. The summed E-state index contributed by atoms with van der Waals surface area (Å²) in [6, 6.07) is 3.63. The summed E-state index contributed by atoms with van der Waals surface area (Å²) in [4.78, 5) is 17.3. The zero-order valence-corrected chi connectivity index (χ0v) is 13.9. The summed E-state index contributed by atoms with van der Waals surface area (Å²) in [5.74, 6) is -0.993. The van der Waals surface area contributed by atoms with E-state index in [0.29, 0.717) is 12.1 Å². The Morgan fingerprint density at radius 3 is 2.46 bits per heavy atom. The molecule has 1 amide bonds. The van der Waals surface area contributed by atoms with Crippen molar-refractivity contribution in [1.29, 1.82) is 0 Å². The number of amides is 1. The quantitative estimate of drug-likeness (QED) is 0.783. The average Bonchev–Trinajstić information content (AvgIpc) is 2.60. The third-order valence-corrected chi connectivity index (χ3v) is 6.12. The molecule has 0 saturated carbocycles. The van der Waals surface area contributed by atoms with Crippen LogP contribution in [0, 0.1) is 11.6 Å². The highest BCUT2D eigenvalue weighted by atomic mass is 19.1. The number of nitrogens with zero attached hydrogens (tertiary/aromatic N) is 3. The van der Waals surface area contributed by atoms with Gasteiger partial charge in [-0.15, -0.1) is 0 Å². The summed E-state index contributed by atoms with van der Waals surface area (Å²) >= 11 is 0. The van der Waals surface area contributed by atoms with E-state index in [-0.39, 0.29) is 18.5 Å². The number of hydrogen-bond acceptors (Lipinski definition) is 2. The summed E-state index contributed by atoms with van der Waals surface area (Å²) in [7, 11) is 0. The Morgan fingerprint density at radius 1 is 1.08 bits per heavy atom. The fraction of sp³-hybridized carbons (Fsp3) is 0.611. The second-order valence-corrected chi connectivity index (χ2v) is 7.38. The van der Waals surface area contributed by atoms with E-state index in [1.807, 2.05) is 0 Å². The highest BCUT2D eigenvalue weighted by Crippen LogP contribution is 2.30. The van der Waals surface area contributed by atoms with Crippen LogP contribution in [-0.2, 0) is 11.3 Å². The normalized spacial score (nSPS) is 33.1. The van der Waals surface area contributed by atoms with Crippen LogP contribution < -0.4 is 0 Å². The first-order valence-corrected chi connectivity index (χ1v) is 8.88. The maximum atomic E-state index is 13.9. The fourth-order valence-electron chi connectivity index (χ4n) is 4.60. The van der Waals surface area contributed by atoms with Crippen LogP contribution in [0.1, 0.15) is 18.4 Å². The number of carbonyl (C=O) groups excluding carboxylic acids is 1. The van der Waals surface area contributed by atoms with Crippen molar-refractivity contribution >= 4 is 5.91 Å². The number of likely N-dealkylation sites (tertiary alicyclic amines) is 1. The zero-order valence-electron chi connectivity index (χ0n) is 13.9. The van der Waals surface area contributed by atoms with E-state index in [2.05, 4.69) is 4.90 Å². The van der Waals surface area contributed by atoms with Gasteiger partial charge in [0.2, 0.25) is 0 Å². The summed E-state index contributed by atoms with van der Waals surface area (Å²) in [5.41, 5.74) is 0.397. The number of piperidine rings is 1. The third-order valence-electron chi connectivity index (χ3n) is 6.12. The Morgan fingerprint density at radius 2 is 1.79 bits per heavy atom. The molecule has 4 fully saturated rings. The van der Waals surface area contributed by atoms with Crippen LogP contribution in [0.15, 0.2) is 18.2 Å². The van der Waals surface area contributed by atoms with Gasteiger partial charge in [-0.2, -0.15) is 0 Å². The molecule has 1 atom stereocenters. The van der Waals surface area contributed by atoms with Crippen molar-refractivity contribution < 1.29 is 18.1 Å². The molecule has 6 heteroatoms. The van der Waals surface area contributed by atoms with Crippen molar-refractivity contribution in [3.05, 3.63) is 35.4 Å². The molecule has 5 rings (SSSR count). The van der Waals surface area contributed by atoms with Gasteiger partial charge in [0.05, 0.1) is 19.6 Å². The topological polar surface area (TPSA) is 23.6 Å². The first-order valence-electron chi connectivity index (χ1n) is 8.88. The number of hydrogen-bond donors (Lipinski definition) is 0. The van der Waals surface area contributed by atoms with E-state index in [0.717, 1.165) is 62.7 Å². The van der Waals surface area contributed by atoms with Crippen LogP contribution in [0.5, 0.6) is 0 Å². The molecule has 4 saturated heterocycles. The lowest BCUT2D eigenvalue weighted by Gasteiger charge is -2.55. The van der Waals surface area contributed by atoms with E-state index < -0.39 is 11.6 Å². The van der Waals surface area contributed by atoms with Crippen LogP contribution in [0.3, 0.4) is 0 Å². The lowest BCUT2D eigenvalue weighted by molar-refractivity contribution is -0.956. The number of quaternary nitrogens is 1. The fourth-order valence-corrected chi connectivity index (χ4v) is 4.60. The van der Waals surface area contributed by atoms with Crippen LogP contribution in [0.25, 0.3) is 0 Å². The molecule has 0 aliphatic carbocycles. The van der Waals surface area contributed by atoms with Crippen molar-refractivity contribution in [2.24, 2.45) is 0 Å². The monoisotopic (exact) mass is 336 g/mol. The number of halogens is 2. The Bertz CT molecular complexity index is 629. The van der Waals surface area contributed by atoms with E-state index in [4.69, 9.17) is 0 Å². The molecule has 2 bridgehead atoms. The summed E-state index contributed by atoms with van der Waals surface area (Å²) in [5, 5.41) is 0. The molecule has 4 aliphatic rings. The van der Waals surface area contributed by atoms with Gasteiger partial charge in [0.15, 0.2) is 6.04 Å². The first-order chi connectivity index (χ1) is 11.6. The van der Waals surface area contributed by atoms with Gasteiger partial charge in [-0.05, 0) is 12.5 Å². The van der Waals surface area contributed by atoms with Crippen molar-refractivity contribution in [3.63, 3.8) is 0 Å². The van der Waals surface area contributed by atoms with Crippen LogP contribution >= 0.6 is 0 Å². The molecule has 0 N–H and O–H groups in total. The Kier molecular flexibility index (Phi) is 4.04. The molecule has 0 radical (unpaired) electrons. The smallest absolute Gasteiger partial charge is 0.281 e. The van der Waals surface area contributed by atoms with E-state index in [1.54, 1.807) is 4.90 Å². The molecule has 1 aromatic carbocycles. The van der Waals surface area contributed by atoms with Gasteiger partial charge in [-0.25, -0.2) is 8.78 Å². The molecule has 1 aromatic rings. The number of piperazine rings is 3. The molecule has 130 valence electrons. The van der Waals surface area contributed by atoms with Crippen molar-refractivity contribution in [2.45, 2.75) is 25.4 Å². The standard InChI is InChI=1S/C18H24F2N3O/c19-15-4-3-14(16(20)12-15)13-22-5-1-2-17(18(22)24)23-9-6-21(7-10-23)8-11-23/h3-4,12,17H,1-2,5-11,13H2/q+1. The van der Waals surface area contributed by atoms with Crippen LogP contribution in [0.2, 0.25) is 0 Å². The largest absolute Gasteiger partial charge is 0.333 e. The van der Waals surface area contributed by atoms with Crippen molar-refractivity contribution in [1.82, 2.24) is 9.80 Å². The average molecular weight is 336 g/mol. The highest BCUT2D eigenvalue weighted by molar-refractivity contribution is 5.81. The van der Waals surface area contributed by atoms with Crippen molar-refractivity contribution in [3.8, 4) is 0 Å². The molecular weight excluding hydrogens is 312 g/mol. The van der Waals surface area contributed by atoms with E-state index >= 15 is 0 Å². The molecule has 4 aliphatic heterocycles. The van der Waals surface area contributed by atoms with Gasteiger partial charge in [0.25, 0.3) is 5.91 Å². The SMILES string of the molecule is O=C1C([N+]23CCN(CC2)CC3)CCCN1Cc1ccc(F)cc1F. The maximum Gasteiger partial charge on any atom is 0.281 e. The lowest BCUT2D eigenvalue weighted by atomic mass is 9.96. The highest BCUT2D eigenvalue weighted by Gasteiger charge is 2.49. The number of fused-ring (bicyclic) bond motifs is 3. The van der Waals surface area contributed by atoms with Gasteiger partial charge >= 0.3 is 0 Å². The van der Waals surface area contributed by atoms with Gasteiger partial charge in [-0.3, -0.25) is 9.69 Å². The molecule has 4 heterocycles. The van der Waals surface area contributed by atoms with E-state index in [1.165, 1.54) is 12.1 Å². The number of benzene rings is 1. The number of carbonyl (C=O) groups is 1. The number of rotatable bonds is 3. The molecule has 4 nitrogen and oxygen atoms in total. The van der Waals surface area contributed by atoms with Gasteiger partial charge < -0.3 is 9.38 Å². The minimum absolute atomic E-state index is 0.0182. The van der Waals surface area contributed by atoms with Crippen LogP contribution in [0.4, 0.5) is 8.78 Å². The molecular formula is C18H24F2N3O+.